The molecule has 2 atom stereocenters. The smallest absolute Gasteiger partial charge is 0.276 e. The summed E-state index contributed by atoms with van der Waals surface area (Å²) in [4.78, 5) is 16.9. The Morgan fingerprint density at radius 3 is 2.85 bits per heavy atom. The number of amides is 1. The van der Waals surface area contributed by atoms with Gasteiger partial charge in [-0.15, -0.1) is 0 Å². The van der Waals surface area contributed by atoms with Crippen molar-refractivity contribution < 1.29 is 9.32 Å². The summed E-state index contributed by atoms with van der Waals surface area (Å²) in [6.07, 6.45) is 2.32. The van der Waals surface area contributed by atoms with Crippen molar-refractivity contribution in [3.8, 4) is 0 Å². The second kappa shape index (κ2) is 5.20. The maximum atomic E-state index is 12.6. The molecule has 5 heteroatoms. The zero-order valence-electron chi connectivity index (χ0n) is 12.5. The number of carbonyl (C=O) groups excluding carboxylic acids is 1. The summed E-state index contributed by atoms with van der Waals surface area (Å²) in [6.45, 7) is 7.05. The van der Waals surface area contributed by atoms with Gasteiger partial charge in [0.1, 0.15) is 5.76 Å². The number of aromatic nitrogens is 1. The highest BCUT2D eigenvalue weighted by Crippen LogP contribution is 2.32. The van der Waals surface area contributed by atoms with E-state index < -0.39 is 0 Å². The van der Waals surface area contributed by atoms with E-state index in [1.807, 2.05) is 18.7 Å². The molecule has 0 saturated carbocycles. The molecule has 20 heavy (non-hydrogen) atoms. The second-order valence-electron chi connectivity index (χ2n) is 6.43. The van der Waals surface area contributed by atoms with E-state index in [4.69, 9.17) is 4.52 Å². The Bertz CT molecular complexity index is 497. The molecule has 0 radical (unpaired) electrons. The molecule has 1 amide bonds. The SMILES string of the molecule is CC(C)c1cc(C(=O)N2CCC3CCN(C)CC32)no1. The number of rotatable bonds is 2. The van der Waals surface area contributed by atoms with E-state index in [-0.39, 0.29) is 11.8 Å². The first-order valence-corrected chi connectivity index (χ1v) is 7.52. The molecule has 0 aromatic carbocycles. The van der Waals surface area contributed by atoms with Crippen LogP contribution >= 0.6 is 0 Å². The molecule has 5 nitrogen and oxygen atoms in total. The highest BCUT2D eigenvalue weighted by molar-refractivity contribution is 5.92. The topological polar surface area (TPSA) is 49.6 Å². The standard InChI is InChI=1S/C15H23N3O2/c1-10(2)14-8-12(16-20-14)15(19)18-7-5-11-4-6-17(3)9-13(11)18/h8,10-11,13H,4-7,9H2,1-3H3. The quantitative estimate of drug-likeness (QED) is 0.829. The minimum atomic E-state index is 0.0310. The zero-order chi connectivity index (χ0) is 14.3. The molecular formula is C15H23N3O2. The van der Waals surface area contributed by atoms with Gasteiger partial charge in [0.2, 0.25) is 0 Å². The maximum absolute atomic E-state index is 12.6. The average molecular weight is 277 g/mol. The number of likely N-dealkylation sites (N-methyl/N-ethyl adjacent to an activating group) is 1. The van der Waals surface area contributed by atoms with E-state index in [1.165, 1.54) is 6.42 Å². The highest BCUT2D eigenvalue weighted by Gasteiger charge is 2.40. The summed E-state index contributed by atoms with van der Waals surface area (Å²) >= 11 is 0. The summed E-state index contributed by atoms with van der Waals surface area (Å²) < 4.78 is 5.26. The van der Waals surface area contributed by atoms with Gasteiger partial charge in [-0.1, -0.05) is 19.0 Å². The monoisotopic (exact) mass is 277 g/mol. The number of hydrogen-bond acceptors (Lipinski definition) is 4. The minimum Gasteiger partial charge on any atom is -0.360 e. The Kier molecular flexibility index (Phi) is 3.54. The predicted octanol–water partition coefficient (Wildman–Crippen LogP) is 1.96. The van der Waals surface area contributed by atoms with Crippen LogP contribution in [0.25, 0.3) is 0 Å². The molecule has 2 saturated heterocycles. The Hall–Kier alpha value is -1.36. The summed E-state index contributed by atoms with van der Waals surface area (Å²) in [7, 11) is 2.13. The van der Waals surface area contributed by atoms with Crippen LogP contribution in [0.4, 0.5) is 0 Å². The highest BCUT2D eigenvalue weighted by atomic mass is 16.5. The molecule has 0 aliphatic carbocycles. The van der Waals surface area contributed by atoms with Crippen molar-refractivity contribution in [3.63, 3.8) is 0 Å². The van der Waals surface area contributed by atoms with E-state index in [0.717, 1.165) is 31.8 Å². The number of carbonyl (C=O) groups is 1. The van der Waals surface area contributed by atoms with Gasteiger partial charge in [-0.05, 0) is 32.4 Å². The third-order valence-corrected chi connectivity index (χ3v) is 4.64. The fourth-order valence-electron chi connectivity index (χ4n) is 3.36. The first-order valence-electron chi connectivity index (χ1n) is 7.52. The Morgan fingerprint density at radius 2 is 2.15 bits per heavy atom. The molecule has 3 heterocycles. The van der Waals surface area contributed by atoms with E-state index in [1.54, 1.807) is 6.07 Å². The van der Waals surface area contributed by atoms with Gasteiger partial charge in [-0.25, -0.2) is 0 Å². The summed E-state index contributed by atoms with van der Waals surface area (Å²) in [5.74, 6) is 1.73. The molecule has 0 spiro atoms. The summed E-state index contributed by atoms with van der Waals surface area (Å²) in [6, 6.07) is 2.15. The molecule has 2 fully saturated rings. The summed E-state index contributed by atoms with van der Waals surface area (Å²) in [5.41, 5.74) is 0.461. The van der Waals surface area contributed by atoms with Crippen molar-refractivity contribution in [1.82, 2.24) is 15.0 Å². The van der Waals surface area contributed by atoms with Crippen molar-refractivity contribution in [2.24, 2.45) is 5.92 Å². The van der Waals surface area contributed by atoms with Gasteiger partial charge in [0.05, 0.1) is 0 Å². The normalized spacial score (nSPS) is 27.1. The van der Waals surface area contributed by atoms with Crippen LogP contribution in [-0.4, -0.2) is 53.6 Å². The van der Waals surface area contributed by atoms with Gasteiger partial charge in [-0.3, -0.25) is 4.79 Å². The van der Waals surface area contributed by atoms with Crippen LogP contribution in [0.2, 0.25) is 0 Å². The van der Waals surface area contributed by atoms with Gasteiger partial charge in [0.15, 0.2) is 5.69 Å². The first kappa shape index (κ1) is 13.6. The molecule has 110 valence electrons. The van der Waals surface area contributed by atoms with Crippen LogP contribution < -0.4 is 0 Å². The Balaban J connectivity index is 1.76. The molecule has 1 aromatic heterocycles. The van der Waals surface area contributed by atoms with Crippen LogP contribution in [0, 0.1) is 5.92 Å². The van der Waals surface area contributed by atoms with Gasteiger partial charge in [-0.2, -0.15) is 0 Å². The number of fused-ring (bicyclic) bond motifs is 1. The van der Waals surface area contributed by atoms with Crippen LogP contribution in [0.3, 0.4) is 0 Å². The number of nitrogens with zero attached hydrogens (tertiary/aromatic N) is 3. The van der Waals surface area contributed by atoms with Crippen LogP contribution in [0.1, 0.15) is 48.9 Å². The van der Waals surface area contributed by atoms with Gasteiger partial charge >= 0.3 is 0 Å². The molecule has 0 N–H and O–H groups in total. The van der Waals surface area contributed by atoms with E-state index in [9.17, 15) is 4.79 Å². The Morgan fingerprint density at radius 1 is 1.40 bits per heavy atom. The molecule has 0 bridgehead atoms. The van der Waals surface area contributed by atoms with Gasteiger partial charge in [0.25, 0.3) is 5.91 Å². The van der Waals surface area contributed by atoms with Gasteiger partial charge in [0, 0.05) is 31.1 Å². The summed E-state index contributed by atoms with van der Waals surface area (Å²) in [5, 5.41) is 3.96. The van der Waals surface area contributed by atoms with Crippen molar-refractivity contribution in [2.45, 2.75) is 38.6 Å². The van der Waals surface area contributed by atoms with Crippen LogP contribution in [-0.2, 0) is 0 Å². The lowest BCUT2D eigenvalue weighted by molar-refractivity contribution is 0.0621. The predicted molar refractivity (Wildman–Crippen MR) is 75.6 cm³/mol. The lowest BCUT2D eigenvalue weighted by Crippen LogP contribution is -2.48. The second-order valence-corrected chi connectivity index (χ2v) is 6.43. The van der Waals surface area contributed by atoms with E-state index in [0.29, 0.717) is 17.7 Å². The minimum absolute atomic E-state index is 0.0310. The zero-order valence-corrected chi connectivity index (χ0v) is 12.5. The van der Waals surface area contributed by atoms with Crippen molar-refractivity contribution in [1.29, 1.82) is 0 Å². The van der Waals surface area contributed by atoms with Crippen LogP contribution in [0.5, 0.6) is 0 Å². The maximum Gasteiger partial charge on any atom is 0.276 e. The molecular weight excluding hydrogens is 254 g/mol. The number of likely N-dealkylation sites (tertiary alicyclic amines) is 2. The fourth-order valence-corrected chi connectivity index (χ4v) is 3.36. The molecule has 2 aliphatic rings. The molecule has 1 aromatic rings. The van der Waals surface area contributed by atoms with E-state index >= 15 is 0 Å². The average Bonchev–Trinajstić information content (AvgIpc) is 3.04. The largest absolute Gasteiger partial charge is 0.360 e. The molecule has 2 unspecified atom stereocenters. The molecule has 2 aliphatic heterocycles. The fraction of sp³-hybridized carbons (Fsp3) is 0.733. The lowest BCUT2D eigenvalue weighted by Gasteiger charge is -2.36. The van der Waals surface area contributed by atoms with Crippen LogP contribution in [0.15, 0.2) is 10.6 Å². The third-order valence-electron chi connectivity index (χ3n) is 4.64. The van der Waals surface area contributed by atoms with Crippen molar-refractivity contribution in [3.05, 3.63) is 17.5 Å². The molecule has 3 rings (SSSR count). The first-order chi connectivity index (χ1) is 9.56. The third kappa shape index (κ3) is 2.35. The van der Waals surface area contributed by atoms with Crippen molar-refractivity contribution >= 4 is 5.91 Å². The number of piperidine rings is 1. The van der Waals surface area contributed by atoms with Gasteiger partial charge < -0.3 is 14.3 Å². The lowest BCUT2D eigenvalue weighted by atomic mass is 9.92. The van der Waals surface area contributed by atoms with E-state index in [2.05, 4.69) is 17.1 Å². The number of hydrogen-bond donors (Lipinski definition) is 0. The Labute approximate surface area is 119 Å². The van der Waals surface area contributed by atoms with Crippen molar-refractivity contribution in [2.75, 3.05) is 26.7 Å².